The van der Waals surface area contributed by atoms with E-state index in [1.165, 1.54) is 31.6 Å². The van der Waals surface area contributed by atoms with Gasteiger partial charge in [-0.25, -0.2) is 39.6 Å². The standard InChI is InChI=1S/C22H15N7.C18H13N7O2.C18H13N7.C17H12N8/c1-2-7-19-18(6-1)25-22(26-19)14-5-3-4-13(10-14)20-16-11-15(21-23-12-24-29-21)8-9-17(16)27-28-20;26-15-8-19-18(27)25(15)12-3-1-2-10(6-12)16-13-7-11(17-20-9-21-24-17)4-5-14(13)22-23-16;1-2-11(15-6-7-20-22-15)8-12(3-1)17-14-9-13(18-19-10-21-25-18)4-5-16(14)23-24-17;1-2-10(6-11(3-1)16-18-8-20-24-16)15-13-7-12(17-19-9-21-25-17)4-5-14(13)22-23-15/h1-12H,(H,25,26)(H,27,28)(H,23,24,29);1-7,9H,8H2,(H,19,27)(H,22,23)(H,20,21,24);1-10H,(H,20,22)(H,23,24)(H,19,21,25);1-9H,(H,22,23)(H,18,20,24)(H,19,21,25). The number of fused-ring (bicyclic) bond motifs is 5. The third kappa shape index (κ3) is 12.2. The topological polar surface area (TPSA) is 429 Å². The molecule has 1 aliphatic rings. The van der Waals surface area contributed by atoms with Crippen molar-refractivity contribution in [3.8, 4) is 125 Å². The molecule has 0 atom stereocenters. The number of nitrogens with zero attached hydrogens (tertiary/aromatic N) is 17. The van der Waals surface area contributed by atoms with Gasteiger partial charge in [-0.2, -0.15) is 51.0 Å². The molecule has 12 heterocycles. The molecule has 9 aromatic carbocycles. The molecule has 0 unspecified atom stereocenters. The molecule has 1 fully saturated rings. The number of urea groups is 1. The summed E-state index contributed by atoms with van der Waals surface area (Å²) in [6.07, 6.45) is 9.20. The van der Waals surface area contributed by atoms with Gasteiger partial charge in [0.15, 0.2) is 29.1 Å². The van der Waals surface area contributed by atoms with Gasteiger partial charge in [-0.1, -0.05) is 78.9 Å². The molecule has 1 saturated heterocycles. The van der Waals surface area contributed by atoms with Crippen molar-refractivity contribution in [2.75, 3.05) is 11.4 Å². The number of aromatic nitrogens is 27. The number of hydrogen-bond acceptors (Lipinski definition) is 18. The first-order valence-electron chi connectivity index (χ1n) is 33.0. The molecule has 31 nitrogen and oxygen atoms in total. The van der Waals surface area contributed by atoms with Gasteiger partial charge in [-0.15, -0.1) is 0 Å². The average molecular weight is 1390 g/mol. The van der Waals surface area contributed by atoms with Crippen molar-refractivity contribution in [2.45, 2.75) is 0 Å². The van der Waals surface area contributed by atoms with E-state index >= 15 is 0 Å². The minimum atomic E-state index is -0.420. The fourth-order valence-corrected chi connectivity index (χ4v) is 12.7. The van der Waals surface area contributed by atoms with E-state index in [4.69, 9.17) is 4.98 Å². The van der Waals surface area contributed by atoms with Crippen molar-refractivity contribution in [1.29, 1.82) is 0 Å². The smallest absolute Gasteiger partial charge is 0.329 e. The zero-order valence-corrected chi connectivity index (χ0v) is 55.1. The molecule has 31 heteroatoms. The second-order valence-electron chi connectivity index (χ2n) is 24.3. The van der Waals surface area contributed by atoms with Crippen LogP contribution >= 0.6 is 0 Å². The third-order valence-corrected chi connectivity index (χ3v) is 17.8. The second kappa shape index (κ2) is 27.0. The molecule has 1 aliphatic heterocycles. The fraction of sp³-hybridized carbons (Fsp3) is 0.0133. The van der Waals surface area contributed by atoms with Gasteiger partial charge in [-0.3, -0.25) is 55.8 Å². The van der Waals surface area contributed by atoms with Crippen molar-refractivity contribution < 1.29 is 9.59 Å². The van der Waals surface area contributed by atoms with Gasteiger partial charge in [0, 0.05) is 88.9 Å². The number of hydrogen-bond donors (Lipinski definition) is 12. The van der Waals surface area contributed by atoms with Crippen LogP contribution in [0, 0.1) is 0 Å². The Morgan fingerprint density at radius 2 is 0.679 bits per heavy atom. The van der Waals surface area contributed by atoms with Crippen molar-refractivity contribution in [2.24, 2.45) is 0 Å². The van der Waals surface area contributed by atoms with E-state index in [1.807, 2.05) is 133 Å². The highest BCUT2D eigenvalue weighted by atomic mass is 16.2. The highest BCUT2D eigenvalue weighted by Gasteiger charge is 2.30. The Morgan fingerprint density at radius 1 is 0.302 bits per heavy atom. The Kier molecular flexibility index (Phi) is 15.9. The first kappa shape index (κ1) is 62.4. The van der Waals surface area contributed by atoms with Crippen LogP contribution in [0.1, 0.15) is 0 Å². The molecular formula is C75H53N29O2. The van der Waals surface area contributed by atoms with Gasteiger partial charge in [-0.05, 0) is 121 Å². The SMILES string of the molecule is O=C1CNC(=O)N1c1cccc(-c2n[nH]c3ccc(-c4ncn[nH]4)cc23)c1.c1cc(-c2ccn[nH]2)cc(-c2n[nH]c3ccc(-c4ncn[nH]4)cc23)c1.c1cc(-c2nc3ccccc3[nH]2)cc(-c2n[nH]c3ccc(-c4ncn[nH]4)cc23)c1.c1cc(-c2ncn[nH]2)cc(-c2n[nH]c3ccc(-c4ncn[nH]4)cc23)c1. The van der Waals surface area contributed by atoms with E-state index in [-0.39, 0.29) is 12.5 Å². The number of rotatable bonds is 12. The molecule has 0 aliphatic carbocycles. The van der Waals surface area contributed by atoms with Gasteiger partial charge in [0.1, 0.15) is 37.5 Å². The number of imidazole rings is 1. The summed E-state index contributed by atoms with van der Waals surface area (Å²) in [5.41, 5.74) is 21.3. The predicted molar refractivity (Wildman–Crippen MR) is 397 cm³/mol. The predicted octanol–water partition coefficient (Wildman–Crippen LogP) is 12.8. The Bertz CT molecular complexity index is 6250. The van der Waals surface area contributed by atoms with Crippen LogP contribution in [0.2, 0.25) is 0 Å². The molecular weight excluding hydrogens is 1340 g/mol. The molecule has 0 spiro atoms. The Labute approximate surface area is 595 Å². The molecule has 21 rings (SSSR count). The van der Waals surface area contributed by atoms with Gasteiger partial charge in [0.25, 0.3) is 5.91 Å². The highest BCUT2D eigenvalue weighted by Crippen LogP contribution is 2.37. The van der Waals surface area contributed by atoms with Crippen LogP contribution in [0.3, 0.4) is 0 Å². The van der Waals surface area contributed by atoms with E-state index in [0.29, 0.717) is 11.5 Å². The molecule has 0 saturated carbocycles. The summed E-state index contributed by atoms with van der Waals surface area (Å²) in [7, 11) is 0. The lowest BCUT2D eigenvalue weighted by atomic mass is 10.0. The highest BCUT2D eigenvalue weighted by molar-refractivity contribution is 6.20. The minimum absolute atomic E-state index is 0.00887. The van der Waals surface area contributed by atoms with Gasteiger partial charge in [0.2, 0.25) is 0 Å². The first-order chi connectivity index (χ1) is 52.3. The van der Waals surface area contributed by atoms with Crippen molar-refractivity contribution in [3.63, 3.8) is 0 Å². The molecule has 510 valence electrons. The maximum absolute atomic E-state index is 12.0. The number of anilines is 1. The third-order valence-electron chi connectivity index (χ3n) is 17.8. The number of imide groups is 1. The lowest BCUT2D eigenvalue weighted by Crippen LogP contribution is -2.30. The summed E-state index contributed by atoms with van der Waals surface area (Å²) in [4.78, 5) is 54.2. The second-order valence-corrected chi connectivity index (χ2v) is 24.3. The largest absolute Gasteiger partial charge is 0.338 e. The lowest BCUT2D eigenvalue weighted by Gasteiger charge is -2.13. The summed E-state index contributed by atoms with van der Waals surface area (Å²) < 4.78 is 0. The summed E-state index contributed by atoms with van der Waals surface area (Å²) >= 11 is 0. The quantitative estimate of drug-likeness (QED) is 0.0505. The molecule has 11 aromatic heterocycles. The number of benzene rings is 9. The molecule has 12 N–H and O–H groups in total. The van der Waals surface area contributed by atoms with E-state index < -0.39 is 6.03 Å². The number of nitrogens with one attached hydrogen (secondary N) is 12. The zero-order valence-electron chi connectivity index (χ0n) is 55.1. The Balaban J connectivity index is 0.000000100. The minimum Gasteiger partial charge on any atom is -0.338 e. The van der Waals surface area contributed by atoms with Gasteiger partial charge < -0.3 is 10.3 Å². The van der Waals surface area contributed by atoms with E-state index in [2.05, 4.69) is 186 Å². The van der Waals surface area contributed by atoms with Crippen LogP contribution in [-0.2, 0) is 4.79 Å². The van der Waals surface area contributed by atoms with Crippen molar-refractivity contribution in [1.82, 2.24) is 142 Å². The summed E-state index contributed by atoms with van der Waals surface area (Å²) in [6, 6.07) is 65.2. The Morgan fingerprint density at radius 3 is 1.07 bits per heavy atom. The van der Waals surface area contributed by atoms with Crippen LogP contribution in [0.5, 0.6) is 0 Å². The summed E-state index contributed by atoms with van der Waals surface area (Å²) in [5, 5.41) is 77.8. The first-order valence-corrected chi connectivity index (χ1v) is 33.0. The van der Waals surface area contributed by atoms with Crippen LogP contribution in [0.4, 0.5) is 10.5 Å². The van der Waals surface area contributed by atoms with E-state index in [9.17, 15) is 9.59 Å². The summed E-state index contributed by atoms with van der Waals surface area (Å²) in [6.45, 7) is 0.00887. The maximum atomic E-state index is 12.0. The van der Waals surface area contributed by atoms with Crippen molar-refractivity contribution in [3.05, 3.63) is 238 Å². The number of amides is 3. The molecule has 106 heavy (non-hydrogen) atoms. The fourth-order valence-electron chi connectivity index (χ4n) is 12.7. The molecule has 20 aromatic rings. The van der Waals surface area contributed by atoms with Crippen molar-refractivity contribution >= 4 is 72.3 Å². The number of aromatic amines is 11. The van der Waals surface area contributed by atoms with Crippen LogP contribution in [0.25, 0.3) is 179 Å². The molecule has 0 bridgehead atoms. The van der Waals surface area contributed by atoms with Gasteiger partial charge in [0.05, 0.1) is 73.8 Å². The monoisotopic (exact) mass is 1390 g/mol. The normalized spacial score (nSPS) is 12.0. The van der Waals surface area contributed by atoms with Crippen LogP contribution < -0.4 is 10.2 Å². The average Bonchev–Trinajstić information content (AvgIpc) is 1.66. The van der Waals surface area contributed by atoms with Gasteiger partial charge >= 0.3 is 6.03 Å². The zero-order chi connectivity index (χ0) is 70.9. The van der Waals surface area contributed by atoms with Crippen LogP contribution in [0.15, 0.2) is 238 Å². The number of carbonyl (C=O) groups is 2. The number of para-hydroxylation sites is 2. The Hall–Kier alpha value is -15.8. The number of carbonyl (C=O) groups excluding carboxylic acids is 2. The molecule has 3 amide bonds. The molecule has 0 radical (unpaired) electrons. The van der Waals surface area contributed by atoms with E-state index in [1.54, 1.807) is 24.4 Å². The summed E-state index contributed by atoms with van der Waals surface area (Å²) in [5.74, 6) is 4.15. The van der Waals surface area contributed by atoms with Crippen LogP contribution in [-0.4, -0.2) is 155 Å². The van der Waals surface area contributed by atoms with E-state index in [0.717, 1.165) is 178 Å². The maximum Gasteiger partial charge on any atom is 0.329 e. The lowest BCUT2D eigenvalue weighted by molar-refractivity contribution is -0.115. The number of H-pyrrole nitrogens is 11.